The van der Waals surface area contributed by atoms with Crippen LogP contribution in [0.5, 0.6) is 5.75 Å². The van der Waals surface area contributed by atoms with Crippen molar-refractivity contribution in [1.29, 1.82) is 0 Å². The van der Waals surface area contributed by atoms with E-state index in [1.165, 1.54) is 24.3 Å². The fraction of sp³-hybridized carbons (Fsp3) is 0.133. The first kappa shape index (κ1) is 15.6. The van der Waals surface area contributed by atoms with Gasteiger partial charge in [0.25, 0.3) is 5.91 Å². The van der Waals surface area contributed by atoms with Gasteiger partial charge in [0.1, 0.15) is 11.6 Å². The number of carbonyl (C=O) groups excluding carboxylic acids is 1. The largest absolute Gasteiger partial charge is 0.481 e. The molecule has 1 N–H and O–H groups in total. The van der Waals surface area contributed by atoms with Crippen LogP contribution in [0.15, 0.2) is 42.5 Å². The maximum atomic E-state index is 13.1. The molecule has 0 saturated heterocycles. The number of hydrogen-bond acceptors (Lipinski definition) is 2. The third-order valence-electron chi connectivity index (χ3n) is 2.66. The highest BCUT2D eigenvalue weighted by molar-refractivity contribution is 6.35. The van der Waals surface area contributed by atoms with Gasteiger partial charge in [-0.15, -0.1) is 0 Å². The van der Waals surface area contributed by atoms with Crippen LogP contribution in [-0.4, -0.2) is 12.0 Å². The van der Waals surface area contributed by atoms with Gasteiger partial charge in [-0.3, -0.25) is 4.79 Å². The van der Waals surface area contributed by atoms with Gasteiger partial charge in [-0.2, -0.15) is 0 Å². The summed E-state index contributed by atoms with van der Waals surface area (Å²) in [5.74, 6) is -0.573. The summed E-state index contributed by atoms with van der Waals surface area (Å²) in [6, 6.07) is 10.3. The second kappa shape index (κ2) is 6.78. The van der Waals surface area contributed by atoms with E-state index in [9.17, 15) is 9.18 Å². The summed E-state index contributed by atoms with van der Waals surface area (Å²) in [7, 11) is 0. The molecule has 0 saturated carbocycles. The molecule has 3 nitrogen and oxygen atoms in total. The highest BCUT2D eigenvalue weighted by Gasteiger charge is 2.16. The smallest absolute Gasteiger partial charge is 0.265 e. The predicted octanol–water partition coefficient (Wildman–Crippen LogP) is 4.54. The second-order valence-electron chi connectivity index (χ2n) is 4.33. The normalized spacial score (nSPS) is 11.8. The molecular weight excluding hydrogens is 316 g/mol. The molecule has 0 fully saturated rings. The summed E-state index contributed by atoms with van der Waals surface area (Å²) in [6.45, 7) is 1.55. The first-order valence-electron chi connectivity index (χ1n) is 6.14. The first-order chi connectivity index (χ1) is 9.95. The van der Waals surface area contributed by atoms with Crippen molar-refractivity contribution in [1.82, 2.24) is 0 Å². The number of halogens is 3. The van der Waals surface area contributed by atoms with Gasteiger partial charge in [0.2, 0.25) is 0 Å². The zero-order valence-corrected chi connectivity index (χ0v) is 12.6. The van der Waals surface area contributed by atoms with Gasteiger partial charge >= 0.3 is 0 Å². The van der Waals surface area contributed by atoms with Crippen molar-refractivity contribution in [2.75, 3.05) is 5.32 Å². The molecular formula is C15H12Cl2FNO2. The van der Waals surface area contributed by atoms with Crippen molar-refractivity contribution in [2.45, 2.75) is 13.0 Å². The highest BCUT2D eigenvalue weighted by Crippen LogP contribution is 2.25. The Morgan fingerprint density at radius 1 is 1.24 bits per heavy atom. The van der Waals surface area contributed by atoms with Crippen molar-refractivity contribution in [3.63, 3.8) is 0 Å². The van der Waals surface area contributed by atoms with Gasteiger partial charge in [-0.05, 0) is 37.3 Å². The summed E-state index contributed by atoms with van der Waals surface area (Å²) in [5, 5.41) is 3.43. The molecule has 0 aliphatic heterocycles. The van der Waals surface area contributed by atoms with Gasteiger partial charge in [-0.25, -0.2) is 4.39 Å². The lowest BCUT2D eigenvalue weighted by Crippen LogP contribution is -2.30. The van der Waals surface area contributed by atoms with E-state index in [-0.39, 0.29) is 5.75 Å². The molecule has 0 spiro atoms. The van der Waals surface area contributed by atoms with Crippen LogP contribution in [0.4, 0.5) is 10.1 Å². The quantitative estimate of drug-likeness (QED) is 0.895. The lowest BCUT2D eigenvalue weighted by Gasteiger charge is -2.15. The highest BCUT2D eigenvalue weighted by atomic mass is 35.5. The third-order valence-corrected chi connectivity index (χ3v) is 3.23. The minimum atomic E-state index is -0.818. The molecule has 110 valence electrons. The molecule has 2 aromatic rings. The fourth-order valence-electron chi connectivity index (χ4n) is 1.63. The minimum absolute atomic E-state index is 0.273. The summed E-state index contributed by atoms with van der Waals surface area (Å²) in [6.07, 6.45) is -0.818. The molecule has 0 unspecified atom stereocenters. The van der Waals surface area contributed by atoms with Crippen LogP contribution in [0.2, 0.25) is 10.0 Å². The van der Waals surface area contributed by atoms with E-state index in [1.54, 1.807) is 25.1 Å². The van der Waals surface area contributed by atoms with Crippen LogP contribution in [0, 0.1) is 5.82 Å². The molecule has 0 bridgehead atoms. The fourth-order valence-corrected chi connectivity index (χ4v) is 1.96. The van der Waals surface area contributed by atoms with Crippen LogP contribution in [0.1, 0.15) is 6.92 Å². The topological polar surface area (TPSA) is 38.3 Å². The zero-order chi connectivity index (χ0) is 15.4. The molecule has 1 amide bonds. The van der Waals surface area contributed by atoms with Gasteiger partial charge in [0, 0.05) is 11.1 Å². The minimum Gasteiger partial charge on any atom is -0.481 e. The number of nitrogens with one attached hydrogen (secondary N) is 1. The summed E-state index contributed by atoms with van der Waals surface area (Å²) >= 11 is 11.8. The molecule has 0 radical (unpaired) electrons. The van der Waals surface area contributed by atoms with Crippen LogP contribution in [0.3, 0.4) is 0 Å². The molecule has 0 aliphatic rings. The van der Waals surface area contributed by atoms with E-state index in [4.69, 9.17) is 27.9 Å². The molecule has 1 atom stereocenters. The van der Waals surface area contributed by atoms with E-state index in [0.29, 0.717) is 15.7 Å². The van der Waals surface area contributed by atoms with Crippen molar-refractivity contribution in [2.24, 2.45) is 0 Å². The number of anilines is 1. The summed E-state index contributed by atoms with van der Waals surface area (Å²) in [5.41, 5.74) is 0.392. The Labute approximate surface area is 131 Å². The number of ether oxygens (including phenoxy) is 1. The van der Waals surface area contributed by atoms with Crippen molar-refractivity contribution in [3.8, 4) is 5.75 Å². The average Bonchev–Trinajstić information content (AvgIpc) is 2.43. The molecule has 6 heteroatoms. The Morgan fingerprint density at radius 2 is 2.00 bits per heavy atom. The third kappa shape index (κ3) is 4.34. The van der Waals surface area contributed by atoms with Gasteiger partial charge < -0.3 is 10.1 Å². The molecule has 2 rings (SSSR count). The summed E-state index contributed by atoms with van der Waals surface area (Å²) < 4.78 is 18.4. The Kier molecular flexibility index (Phi) is 5.04. The Morgan fingerprint density at radius 3 is 2.71 bits per heavy atom. The summed E-state index contributed by atoms with van der Waals surface area (Å²) in [4.78, 5) is 12.0. The molecule has 21 heavy (non-hydrogen) atoms. The molecule has 0 heterocycles. The molecule has 2 aromatic carbocycles. The Bertz CT molecular complexity index is 664. The molecule has 0 aromatic heterocycles. The van der Waals surface area contributed by atoms with Gasteiger partial charge in [0.05, 0.1) is 10.7 Å². The predicted molar refractivity (Wildman–Crippen MR) is 81.6 cm³/mol. The van der Waals surface area contributed by atoms with Crippen molar-refractivity contribution >= 4 is 34.8 Å². The van der Waals surface area contributed by atoms with Crippen LogP contribution in [-0.2, 0) is 4.79 Å². The zero-order valence-electron chi connectivity index (χ0n) is 11.1. The van der Waals surface area contributed by atoms with Crippen molar-refractivity contribution < 1.29 is 13.9 Å². The number of carbonyl (C=O) groups is 1. The van der Waals surface area contributed by atoms with E-state index in [1.807, 2.05) is 0 Å². The van der Waals surface area contributed by atoms with Crippen molar-refractivity contribution in [3.05, 3.63) is 58.3 Å². The first-order valence-corrected chi connectivity index (χ1v) is 6.89. The Balaban J connectivity index is 2.04. The average molecular weight is 328 g/mol. The number of amides is 1. The number of benzene rings is 2. The maximum Gasteiger partial charge on any atom is 0.265 e. The van der Waals surface area contributed by atoms with E-state index < -0.39 is 17.8 Å². The number of rotatable bonds is 4. The Hall–Kier alpha value is -1.78. The van der Waals surface area contributed by atoms with Crippen LogP contribution >= 0.6 is 23.2 Å². The maximum absolute atomic E-state index is 13.1. The second-order valence-corrected chi connectivity index (χ2v) is 5.17. The van der Waals surface area contributed by atoms with Crippen LogP contribution < -0.4 is 10.1 Å². The van der Waals surface area contributed by atoms with Gasteiger partial charge in [0.15, 0.2) is 6.10 Å². The SMILES string of the molecule is C[C@H](Oc1cccc(F)c1)C(=O)Nc1cc(Cl)ccc1Cl. The van der Waals surface area contributed by atoms with Gasteiger partial charge in [-0.1, -0.05) is 29.3 Å². The van der Waals surface area contributed by atoms with E-state index in [0.717, 1.165) is 0 Å². The standard InChI is InChI=1S/C15H12Cl2FNO2/c1-9(21-12-4-2-3-11(18)8-12)15(20)19-14-7-10(16)5-6-13(14)17/h2-9H,1H3,(H,19,20)/t9-/m0/s1. The monoisotopic (exact) mass is 327 g/mol. The molecule has 0 aliphatic carbocycles. The van der Waals surface area contributed by atoms with E-state index in [2.05, 4.69) is 5.32 Å². The number of hydrogen-bond donors (Lipinski definition) is 1. The lowest BCUT2D eigenvalue weighted by atomic mass is 10.3. The van der Waals surface area contributed by atoms with E-state index >= 15 is 0 Å². The lowest BCUT2D eigenvalue weighted by molar-refractivity contribution is -0.122. The van der Waals surface area contributed by atoms with Crippen LogP contribution in [0.25, 0.3) is 0 Å².